The molecule has 0 radical (unpaired) electrons. The van der Waals surface area contributed by atoms with E-state index in [0.29, 0.717) is 16.8 Å². The average Bonchev–Trinajstić information content (AvgIpc) is 3.01. The van der Waals surface area contributed by atoms with E-state index in [1.807, 2.05) is 6.26 Å². The highest BCUT2D eigenvalue weighted by molar-refractivity contribution is 7.98. The van der Waals surface area contributed by atoms with E-state index < -0.39 is 5.97 Å². The van der Waals surface area contributed by atoms with Gasteiger partial charge in [0.1, 0.15) is 12.1 Å². The van der Waals surface area contributed by atoms with Crippen LogP contribution in [0.25, 0.3) is 5.82 Å². The molecule has 0 saturated carbocycles. The molecule has 0 aliphatic carbocycles. The van der Waals surface area contributed by atoms with Crippen molar-refractivity contribution in [2.24, 2.45) is 0 Å². The second-order valence-corrected chi connectivity index (χ2v) is 4.80. The van der Waals surface area contributed by atoms with Crippen molar-refractivity contribution in [1.82, 2.24) is 24.7 Å². The monoisotopic (exact) mass is 308 g/mol. The van der Waals surface area contributed by atoms with Crippen molar-refractivity contribution >= 4 is 23.5 Å². The number of methoxy groups -OCH3 is 1. The van der Waals surface area contributed by atoms with Crippen LogP contribution in [0.1, 0.15) is 24.0 Å². The summed E-state index contributed by atoms with van der Waals surface area (Å²) in [4.78, 5) is 24.0. The lowest BCUT2D eigenvalue weighted by Gasteiger charge is -2.07. The fraction of sp³-hybridized carbons (Fsp3) is 0.417. The summed E-state index contributed by atoms with van der Waals surface area (Å²) in [5.74, 6) is 0.652. The van der Waals surface area contributed by atoms with Gasteiger partial charge in [-0.3, -0.25) is 0 Å². The lowest BCUT2D eigenvalue weighted by molar-refractivity contribution is 0.0587. The number of nitrogens with one attached hydrogen (secondary N) is 1. The van der Waals surface area contributed by atoms with Crippen LogP contribution in [0.15, 0.2) is 17.6 Å². The topological polar surface area (TPSA) is 94.8 Å². The van der Waals surface area contributed by atoms with Crippen molar-refractivity contribution in [2.45, 2.75) is 18.5 Å². The van der Waals surface area contributed by atoms with Crippen LogP contribution in [-0.4, -0.2) is 50.6 Å². The third-order valence-corrected chi connectivity index (χ3v) is 3.07. The summed E-state index contributed by atoms with van der Waals surface area (Å²) in [5, 5.41) is 7.87. The number of aromatic nitrogens is 5. The Labute approximate surface area is 126 Å². The van der Waals surface area contributed by atoms with Crippen molar-refractivity contribution in [1.29, 1.82) is 0 Å². The molecule has 0 atom stereocenters. The largest absolute Gasteiger partial charge is 0.463 e. The summed E-state index contributed by atoms with van der Waals surface area (Å²) in [6.07, 6.45) is 4.30. The molecule has 21 heavy (non-hydrogen) atoms. The molecule has 0 amide bonds. The van der Waals surface area contributed by atoms with Crippen LogP contribution in [0.3, 0.4) is 0 Å². The van der Waals surface area contributed by atoms with E-state index in [0.717, 1.165) is 13.0 Å². The number of hydrogen-bond acceptors (Lipinski definition) is 8. The molecule has 0 aliphatic heterocycles. The Morgan fingerprint density at radius 2 is 2.29 bits per heavy atom. The molecule has 2 heterocycles. The Morgan fingerprint density at radius 1 is 1.48 bits per heavy atom. The van der Waals surface area contributed by atoms with Gasteiger partial charge in [-0.25, -0.2) is 24.4 Å². The standard InChI is InChI=1S/C12H16N6O2S/c1-4-5-13-8-6-9(16-12(15-8)21-3)18-7-14-10(17-18)11(19)20-2/h6-7H,4-5H2,1-3H3,(H,13,15,16). The summed E-state index contributed by atoms with van der Waals surface area (Å²) in [7, 11) is 1.28. The Hall–Kier alpha value is -2.16. The highest BCUT2D eigenvalue weighted by Crippen LogP contribution is 2.16. The Balaban J connectivity index is 2.33. The van der Waals surface area contributed by atoms with E-state index >= 15 is 0 Å². The molecule has 0 bridgehead atoms. The van der Waals surface area contributed by atoms with Crippen LogP contribution in [0.5, 0.6) is 0 Å². The van der Waals surface area contributed by atoms with E-state index in [4.69, 9.17) is 0 Å². The summed E-state index contributed by atoms with van der Waals surface area (Å²) in [5.41, 5.74) is 0. The van der Waals surface area contributed by atoms with Crippen molar-refractivity contribution in [3.63, 3.8) is 0 Å². The molecule has 2 aromatic heterocycles. The number of nitrogens with zero attached hydrogens (tertiary/aromatic N) is 5. The van der Waals surface area contributed by atoms with E-state index in [9.17, 15) is 4.79 Å². The minimum absolute atomic E-state index is 0.00937. The smallest absolute Gasteiger partial charge is 0.377 e. The summed E-state index contributed by atoms with van der Waals surface area (Å²) >= 11 is 1.43. The Kier molecular flexibility index (Phi) is 5.09. The van der Waals surface area contributed by atoms with Gasteiger partial charge in [0.05, 0.1) is 7.11 Å². The summed E-state index contributed by atoms with van der Waals surface area (Å²) in [6, 6.07) is 1.76. The molecule has 2 rings (SSSR count). The van der Waals surface area contributed by atoms with E-state index in [-0.39, 0.29) is 5.82 Å². The molecular formula is C12H16N6O2S. The first-order chi connectivity index (χ1) is 10.2. The lowest BCUT2D eigenvalue weighted by atomic mass is 10.4. The van der Waals surface area contributed by atoms with Gasteiger partial charge in [-0.2, -0.15) is 0 Å². The van der Waals surface area contributed by atoms with Gasteiger partial charge in [0.2, 0.25) is 0 Å². The lowest BCUT2D eigenvalue weighted by Crippen LogP contribution is -2.08. The fourth-order valence-corrected chi connectivity index (χ4v) is 1.90. The quantitative estimate of drug-likeness (QED) is 0.486. The van der Waals surface area contributed by atoms with Gasteiger partial charge in [0.25, 0.3) is 5.82 Å². The normalized spacial score (nSPS) is 10.4. The highest BCUT2D eigenvalue weighted by atomic mass is 32.2. The van der Waals surface area contributed by atoms with Crippen LogP contribution in [0.4, 0.5) is 5.82 Å². The number of esters is 1. The molecule has 0 saturated heterocycles. The molecule has 0 spiro atoms. The van der Waals surface area contributed by atoms with Gasteiger partial charge in [-0.1, -0.05) is 18.7 Å². The minimum atomic E-state index is -0.586. The number of rotatable bonds is 6. The summed E-state index contributed by atoms with van der Waals surface area (Å²) in [6.45, 7) is 2.89. The molecule has 112 valence electrons. The average molecular weight is 308 g/mol. The Morgan fingerprint density at radius 3 is 2.95 bits per heavy atom. The zero-order chi connectivity index (χ0) is 15.2. The third kappa shape index (κ3) is 3.69. The van der Waals surface area contributed by atoms with Crippen molar-refractivity contribution in [3.8, 4) is 5.82 Å². The maximum Gasteiger partial charge on any atom is 0.377 e. The van der Waals surface area contributed by atoms with Crippen molar-refractivity contribution in [3.05, 3.63) is 18.2 Å². The molecule has 8 nitrogen and oxygen atoms in total. The van der Waals surface area contributed by atoms with Crippen LogP contribution < -0.4 is 5.32 Å². The predicted molar refractivity (Wildman–Crippen MR) is 78.9 cm³/mol. The molecule has 9 heteroatoms. The first kappa shape index (κ1) is 15.2. The van der Waals surface area contributed by atoms with Crippen LogP contribution >= 0.6 is 11.8 Å². The van der Waals surface area contributed by atoms with Crippen molar-refractivity contribution < 1.29 is 9.53 Å². The molecular weight excluding hydrogens is 292 g/mol. The fourth-order valence-electron chi connectivity index (χ4n) is 1.52. The maximum atomic E-state index is 11.4. The number of anilines is 1. The zero-order valence-corrected chi connectivity index (χ0v) is 12.8. The molecule has 2 aromatic rings. The molecule has 0 fully saturated rings. The number of thioether (sulfide) groups is 1. The predicted octanol–water partition coefficient (Wildman–Crippen LogP) is 1.39. The number of carbonyl (C=O) groups is 1. The molecule has 1 N–H and O–H groups in total. The number of ether oxygens (including phenoxy) is 1. The second-order valence-electron chi connectivity index (χ2n) is 4.03. The van der Waals surface area contributed by atoms with E-state index in [1.54, 1.807) is 6.07 Å². The summed E-state index contributed by atoms with van der Waals surface area (Å²) < 4.78 is 6.00. The Bertz CT molecular complexity index is 630. The van der Waals surface area contributed by atoms with Gasteiger partial charge in [0, 0.05) is 12.6 Å². The molecule has 0 unspecified atom stereocenters. The van der Waals surface area contributed by atoms with Gasteiger partial charge < -0.3 is 10.1 Å². The third-order valence-electron chi connectivity index (χ3n) is 2.53. The second kappa shape index (κ2) is 7.02. The van der Waals surface area contributed by atoms with Crippen LogP contribution in [0.2, 0.25) is 0 Å². The van der Waals surface area contributed by atoms with Crippen LogP contribution in [0, 0.1) is 0 Å². The molecule has 0 aliphatic rings. The van der Waals surface area contributed by atoms with Gasteiger partial charge in [0.15, 0.2) is 11.0 Å². The number of carbonyl (C=O) groups excluding carboxylic acids is 1. The first-order valence-electron chi connectivity index (χ1n) is 6.35. The van der Waals surface area contributed by atoms with E-state index in [1.165, 1.54) is 29.9 Å². The highest BCUT2D eigenvalue weighted by Gasteiger charge is 2.13. The van der Waals surface area contributed by atoms with Crippen LogP contribution in [-0.2, 0) is 4.74 Å². The SMILES string of the molecule is CCCNc1cc(-n2cnc(C(=O)OC)n2)nc(SC)n1. The maximum absolute atomic E-state index is 11.4. The van der Waals surface area contributed by atoms with Gasteiger partial charge >= 0.3 is 5.97 Å². The van der Waals surface area contributed by atoms with Crippen molar-refractivity contribution in [2.75, 3.05) is 25.2 Å². The zero-order valence-electron chi connectivity index (χ0n) is 12.0. The minimum Gasteiger partial charge on any atom is -0.463 e. The van der Waals surface area contributed by atoms with Gasteiger partial charge in [-0.05, 0) is 12.7 Å². The molecule has 0 aromatic carbocycles. The van der Waals surface area contributed by atoms with E-state index in [2.05, 4.69) is 37.0 Å². The number of hydrogen-bond donors (Lipinski definition) is 1. The van der Waals surface area contributed by atoms with Gasteiger partial charge in [-0.15, -0.1) is 5.10 Å². The first-order valence-corrected chi connectivity index (χ1v) is 7.57.